The quantitative estimate of drug-likeness (QED) is 0.583. The van der Waals surface area contributed by atoms with Gasteiger partial charge in [0, 0.05) is 11.1 Å². The molecule has 0 bridgehead atoms. The van der Waals surface area contributed by atoms with Gasteiger partial charge in [0.25, 0.3) is 0 Å². The maximum atomic E-state index is 11.4. The second kappa shape index (κ2) is 3.51. The summed E-state index contributed by atoms with van der Waals surface area (Å²) in [4.78, 5) is 11.4. The van der Waals surface area contributed by atoms with Crippen LogP contribution >= 0.6 is 0 Å². The molecule has 0 amide bonds. The zero-order chi connectivity index (χ0) is 11.9. The molecule has 1 aliphatic heterocycles. The van der Waals surface area contributed by atoms with Crippen LogP contribution in [0, 0.1) is 0 Å². The van der Waals surface area contributed by atoms with E-state index >= 15 is 0 Å². The monoisotopic (exact) mass is 219 g/mol. The topological polar surface area (TPSA) is 52.3 Å². The summed E-state index contributed by atoms with van der Waals surface area (Å²) in [5.41, 5.74) is 8.22. The van der Waals surface area contributed by atoms with Crippen molar-refractivity contribution in [2.24, 2.45) is 0 Å². The minimum atomic E-state index is 0.0210. The first-order chi connectivity index (χ1) is 7.42. The molecule has 0 aliphatic carbocycles. The van der Waals surface area contributed by atoms with Crippen LogP contribution in [0.3, 0.4) is 0 Å². The Morgan fingerprint density at radius 1 is 1.44 bits per heavy atom. The van der Waals surface area contributed by atoms with Crippen LogP contribution in [-0.2, 0) is 5.41 Å². The molecule has 0 aromatic heterocycles. The van der Waals surface area contributed by atoms with E-state index in [4.69, 9.17) is 10.5 Å². The highest BCUT2D eigenvalue weighted by atomic mass is 16.5. The molecule has 3 heteroatoms. The first-order valence-corrected chi connectivity index (χ1v) is 5.49. The molecule has 1 aromatic carbocycles. The number of carbonyl (C=O) groups is 1. The predicted molar refractivity (Wildman–Crippen MR) is 64.0 cm³/mol. The molecule has 0 radical (unpaired) electrons. The molecular formula is C13H17NO2. The van der Waals surface area contributed by atoms with Crippen LogP contribution in [0.25, 0.3) is 0 Å². The second-order valence-corrected chi connectivity index (χ2v) is 4.98. The molecule has 0 saturated heterocycles. The zero-order valence-corrected chi connectivity index (χ0v) is 9.96. The minimum Gasteiger partial charge on any atom is -0.491 e. The van der Waals surface area contributed by atoms with Gasteiger partial charge >= 0.3 is 0 Å². The van der Waals surface area contributed by atoms with Crippen molar-refractivity contribution in [1.82, 2.24) is 0 Å². The van der Waals surface area contributed by atoms with Gasteiger partial charge in [0.15, 0.2) is 5.78 Å². The lowest BCUT2D eigenvalue weighted by Gasteiger charge is -2.33. The number of benzene rings is 1. The number of nitrogen functional groups attached to an aromatic ring is 1. The minimum absolute atomic E-state index is 0.0210. The van der Waals surface area contributed by atoms with Crippen molar-refractivity contribution < 1.29 is 9.53 Å². The highest BCUT2D eigenvalue weighted by Crippen LogP contribution is 2.42. The fourth-order valence-electron chi connectivity index (χ4n) is 2.06. The van der Waals surface area contributed by atoms with Crippen molar-refractivity contribution in [3.63, 3.8) is 0 Å². The number of carbonyl (C=O) groups excluding carboxylic acids is 1. The Labute approximate surface area is 95.6 Å². The highest BCUT2D eigenvalue weighted by Gasteiger charge is 2.30. The molecule has 16 heavy (non-hydrogen) atoms. The van der Waals surface area contributed by atoms with E-state index in [1.807, 2.05) is 6.07 Å². The van der Waals surface area contributed by atoms with Crippen molar-refractivity contribution in [2.75, 3.05) is 12.3 Å². The van der Waals surface area contributed by atoms with Gasteiger partial charge in [-0.05, 0) is 30.9 Å². The van der Waals surface area contributed by atoms with E-state index in [0.717, 1.165) is 17.7 Å². The van der Waals surface area contributed by atoms with Crippen molar-refractivity contribution in [3.8, 4) is 5.75 Å². The number of anilines is 1. The van der Waals surface area contributed by atoms with Crippen LogP contribution in [-0.4, -0.2) is 12.4 Å². The van der Waals surface area contributed by atoms with Gasteiger partial charge in [-0.2, -0.15) is 0 Å². The van der Waals surface area contributed by atoms with E-state index in [0.29, 0.717) is 17.9 Å². The number of nitrogens with two attached hydrogens (primary N) is 1. The molecule has 0 unspecified atom stereocenters. The Balaban J connectivity index is 2.64. The van der Waals surface area contributed by atoms with E-state index in [1.165, 1.54) is 0 Å². The smallest absolute Gasteiger partial charge is 0.159 e. The maximum absolute atomic E-state index is 11.4. The third-order valence-corrected chi connectivity index (χ3v) is 3.23. The zero-order valence-electron chi connectivity index (χ0n) is 9.96. The molecule has 0 saturated carbocycles. The Morgan fingerprint density at radius 3 is 2.75 bits per heavy atom. The third-order valence-electron chi connectivity index (χ3n) is 3.23. The lowest BCUT2D eigenvalue weighted by atomic mass is 9.78. The number of ether oxygens (including phenoxy) is 1. The summed E-state index contributed by atoms with van der Waals surface area (Å²) in [6, 6.07) is 3.61. The van der Waals surface area contributed by atoms with Crippen LogP contribution in [0.15, 0.2) is 12.1 Å². The van der Waals surface area contributed by atoms with Gasteiger partial charge in [0.05, 0.1) is 12.3 Å². The fraction of sp³-hybridized carbons (Fsp3) is 0.462. The van der Waals surface area contributed by atoms with Gasteiger partial charge in [-0.25, -0.2) is 0 Å². The van der Waals surface area contributed by atoms with Gasteiger partial charge in [-0.15, -0.1) is 0 Å². The summed E-state index contributed by atoms with van der Waals surface area (Å²) >= 11 is 0. The Morgan fingerprint density at radius 2 is 2.12 bits per heavy atom. The molecule has 1 heterocycles. The van der Waals surface area contributed by atoms with E-state index in [1.54, 1.807) is 13.0 Å². The Bertz CT molecular complexity index is 449. The molecule has 1 aliphatic rings. The first-order valence-electron chi connectivity index (χ1n) is 5.49. The SMILES string of the molecule is CC(=O)c1cc(N)c2c(c1)C(C)(C)CCO2. The Kier molecular flexibility index (Phi) is 2.41. The third kappa shape index (κ3) is 1.66. The second-order valence-electron chi connectivity index (χ2n) is 4.98. The van der Waals surface area contributed by atoms with Crippen LogP contribution in [0.2, 0.25) is 0 Å². The number of hydrogen-bond acceptors (Lipinski definition) is 3. The molecule has 3 nitrogen and oxygen atoms in total. The van der Waals surface area contributed by atoms with E-state index < -0.39 is 0 Å². The number of ketones is 1. The Hall–Kier alpha value is -1.51. The summed E-state index contributed by atoms with van der Waals surface area (Å²) < 4.78 is 5.59. The normalized spacial score (nSPS) is 17.4. The van der Waals surface area contributed by atoms with Gasteiger partial charge < -0.3 is 10.5 Å². The molecule has 0 fully saturated rings. The largest absolute Gasteiger partial charge is 0.491 e. The number of fused-ring (bicyclic) bond motifs is 1. The lowest BCUT2D eigenvalue weighted by Crippen LogP contribution is -2.27. The summed E-state index contributed by atoms with van der Waals surface area (Å²) in [5.74, 6) is 0.789. The summed E-state index contributed by atoms with van der Waals surface area (Å²) in [6.07, 6.45) is 0.945. The van der Waals surface area contributed by atoms with E-state index in [2.05, 4.69) is 13.8 Å². The molecule has 0 spiro atoms. The van der Waals surface area contributed by atoms with Gasteiger partial charge in [0.1, 0.15) is 5.75 Å². The van der Waals surface area contributed by atoms with Gasteiger partial charge in [0.2, 0.25) is 0 Å². The maximum Gasteiger partial charge on any atom is 0.159 e. The van der Waals surface area contributed by atoms with Crippen molar-refractivity contribution >= 4 is 11.5 Å². The van der Waals surface area contributed by atoms with Crippen LogP contribution in [0.4, 0.5) is 5.69 Å². The molecule has 2 N–H and O–H groups in total. The van der Waals surface area contributed by atoms with Gasteiger partial charge in [-0.3, -0.25) is 4.79 Å². The van der Waals surface area contributed by atoms with Crippen LogP contribution in [0.1, 0.15) is 43.1 Å². The van der Waals surface area contributed by atoms with E-state index in [-0.39, 0.29) is 11.2 Å². The summed E-state index contributed by atoms with van der Waals surface area (Å²) in [6.45, 7) is 6.54. The van der Waals surface area contributed by atoms with Crippen molar-refractivity contribution in [2.45, 2.75) is 32.6 Å². The lowest BCUT2D eigenvalue weighted by molar-refractivity contribution is 0.101. The average Bonchev–Trinajstić information content (AvgIpc) is 2.18. The van der Waals surface area contributed by atoms with Crippen LogP contribution in [0.5, 0.6) is 5.75 Å². The first kappa shape index (κ1) is 11.0. The van der Waals surface area contributed by atoms with Gasteiger partial charge in [-0.1, -0.05) is 13.8 Å². The molecular weight excluding hydrogens is 202 g/mol. The molecule has 86 valence electrons. The number of rotatable bonds is 1. The number of hydrogen-bond donors (Lipinski definition) is 1. The highest BCUT2D eigenvalue weighted by molar-refractivity contribution is 5.96. The fourth-order valence-corrected chi connectivity index (χ4v) is 2.06. The summed E-state index contributed by atoms with van der Waals surface area (Å²) in [5, 5.41) is 0. The van der Waals surface area contributed by atoms with Crippen LogP contribution < -0.4 is 10.5 Å². The predicted octanol–water partition coefficient (Wildman–Crippen LogP) is 2.53. The van der Waals surface area contributed by atoms with Crippen molar-refractivity contribution in [3.05, 3.63) is 23.3 Å². The van der Waals surface area contributed by atoms with Crippen molar-refractivity contribution in [1.29, 1.82) is 0 Å². The standard InChI is InChI=1S/C13H17NO2/c1-8(15)9-6-10-12(11(14)7-9)16-5-4-13(10,2)3/h6-7H,4-5,14H2,1-3H3. The summed E-state index contributed by atoms with van der Waals surface area (Å²) in [7, 11) is 0. The van der Waals surface area contributed by atoms with E-state index in [9.17, 15) is 4.79 Å². The average molecular weight is 219 g/mol. The molecule has 2 rings (SSSR count). The number of Topliss-reactive ketones (excluding diaryl/α,β-unsaturated/α-hetero) is 1. The molecule has 1 aromatic rings. The molecule has 0 atom stereocenters.